The molecule has 0 aliphatic carbocycles. The predicted molar refractivity (Wildman–Crippen MR) is 64.1 cm³/mol. The zero-order valence-electron chi connectivity index (χ0n) is 10.1. The first-order valence-corrected chi connectivity index (χ1v) is 6.52. The highest BCUT2D eigenvalue weighted by atomic mass is 32.2. The van der Waals surface area contributed by atoms with Crippen molar-refractivity contribution in [1.29, 1.82) is 5.41 Å². The Kier molecular flexibility index (Phi) is 3.89. The summed E-state index contributed by atoms with van der Waals surface area (Å²) in [5, 5.41) is 7.18. The summed E-state index contributed by atoms with van der Waals surface area (Å²) in [5.41, 5.74) is 5.26. The van der Waals surface area contributed by atoms with Crippen LogP contribution in [0.25, 0.3) is 0 Å². The van der Waals surface area contributed by atoms with E-state index in [0.29, 0.717) is 0 Å². The monoisotopic (exact) mass is 259 g/mol. The van der Waals surface area contributed by atoms with Crippen LogP contribution in [0.4, 0.5) is 0 Å². The molecule has 0 aliphatic heterocycles. The van der Waals surface area contributed by atoms with Gasteiger partial charge < -0.3 is 10.3 Å². The van der Waals surface area contributed by atoms with Gasteiger partial charge >= 0.3 is 0 Å². The van der Waals surface area contributed by atoms with Gasteiger partial charge in [-0.3, -0.25) is 5.41 Å². The average molecular weight is 259 g/mol. The second-order valence-corrected chi connectivity index (χ2v) is 5.88. The van der Waals surface area contributed by atoms with Gasteiger partial charge in [-0.25, -0.2) is 13.4 Å². The van der Waals surface area contributed by atoms with Crippen molar-refractivity contribution >= 4 is 15.9 Å². The molecule has 0 saturated carbocycles. The molecule has 0 amide bonds. The summed E-state index contributed by atoms with van der Waals surface area (Å²) in [6, 6.07) is -0.286. The maximum atomic E-state index is 12.2. The maximum Gasteiger partial charge on any atom is 0.262 e. The second-order valence-electron chi connectivity index (χ2n) is 4.05. The van der Waals surface area contributed by atoms with Gasteiger partial charge in [0, 0.05) is 19.3 Å². The summed E-state index contributed by atoms with van der Waals surface area (Å²) >= 11 is 0. The van der Waals surface area contributed by atoms with Crippen molar-refractivity contribution in [2.24, 2.45) is 12.8 Å². The number of nitrogens with two attached hydrogens (primary N) is 1. The molecule has 1 heterocycles. The molecule has 0 spiro atoms. The third-order valence-corrected chi connectivity index (χ3v) is 4.06. The van der Waals surface area contributed by atoms with Crippen LogP contribution in [0, 0.1) is 5.41 Å². The minimum absolute atomic E-state index is 0.0325. The van der Waals surface area contributed by atoms with E-state index in [1.807, 2.05) is 0 Å². The lowest BCUT2D eigenvalue weighted by Gasteiger charge is -2.23. The highest BCUT2D eigenvalue weighted by molar-refractivity contribution is 7.89. The molecule has 8 heteroatoms. The van der Waals surface area contributed by atoms with E-state index in [1.54, 1.807) is 25.5 Å². The first kappa shape index (κ1) is 13.7. The summed E-state index contributed by atoms with van der Waals surface area (Å²) in [7, 11) is -2.00. The summed E-state index contributed by atoms with van der Waals surface area (Å²) in [6.45, 7) is 3.32. The molecule has 1 aromatic heterocycles. The van der Waals surface area contributed by atoms with Crippen LogP contribution < -0.4 is 5.73 Å². The summed E-state index contributed by atoms with van der Waals surface area (Å²) in [4.78, 5) is 3.82. The molecule has 0 aliphatic rings. The van der Waals surface area contributed by atoms with E-state index in [-0.39, 0.29) is 23.4 Å². The molecule has 1 rings (SSSR count). The standard InChI is InChI=1S/C9H17N5O2S/c1-7(2)14(4-8(10)11)17(15,16)9-5-13(3)6-12-9/h5-7H,4H2,1-3H3,(H3,10,11). The number of nitrogens with one attached hydrogen (secondary N) is 1. The van der Waals surface area contributed by atoms with Crippen molar-refractivity contribution in [3.05, 3.63) is 12.5 Å². The van der Waals surface area contributed by atoms with Crippen LogP contribution in [0.1, 0.15) is 13.8 Å². The quantitative estimate of drug-likeness (QED) is 0.562. The van der Waals surface area contributed by atoms with E-state index in [9.17, 15) is 8.42 Å². The number of amidine groups is 1. The zero-order chi connectivity index (χ0) is 13.2. The van der Waals surface area contributed by atoms with Gasteiger partial charge in [0.2, 0.25) is 0 Å². The highest BCUT2D eigenvalue weighted by Gasteiger charge is 2.29. The van der Waals surface area contributed by atoms with E-state index in [2.05, 4.69) is 4.98 Å². The molecule has 0 fully saturated rings. The molecular formula is C9H17N5O2S. The normalized spacial score (nSPS) is 12.3. The number of aryl methyl sites for hydroxylation is 1. The lowest BCUT2D eigenvalue weighted by atomic mass is 10.4. The Labute approximate surface area is 101 Å². The van der Waals surface area contributed by atoms with Gasteiger partial charge in [-0.2, -0.15) is 4.31 Å². The molecule has 0 unspecified atom stereocenters. The lowest BCUT2D eigenvalue weighted by Crippen LogP contribution is -2.42. The number of hydrogen-bond acceptors (Lipinski definition) is 4. The van der Waals surface area contributed by atoms with E-state index < -0.39 is 10.0 Å². The van der Waals surface area contributed by atoms with Gasteiger partial charge in [-0.05, 0) is 13.8 Å². The van der Waals surface area contributed by atoms with Crippen LogP contribution >= 0.6 is 0 Å². The van der Waals surface area contributed by atoms with Gasteiger partial charge in [0.25, 0.3) is 10.0 Å². The smallest absolute Gasteiger partial charge is 0.262 e. The molecule has 96 valence electrons. The number of rotatable bonds is 5. The Balaban J connectivity index is 3.13. The van der Waals surface area contributed by atoms with Gasteiger partial charge in [-0.1, -0.05) is 0 Å². The highest BCUT2D eigenvalue weighted by Crippen LogP contribution is 2.15. The fraction of sp³-hybridized carbons (Fsp3) is 0.556. The molecule has 3 N–H and O–H groups in total. The number of imidazole rings is 1. The zero-order valence-corrected chi connectivity index (χ0v) is 10.9. The lowest BCUT2D eigenvalue weighted by molar-refractivity contribution is 0.387. The van der Waals surface area contributed by atoms with Crippen LogP contribution in [0.5, 0.6) is 0 Å². The molecule has 0 atom stereocenters. The van der Waals surface area contributed by atoms with Crippen molar-refractivity contribution in [2.45, 2.75) is 24.9 Å². The third kappa shape index (κ3) is 3.04. The van der Waals surface area contributed by atoms with Crippen molar-refractivity contribution in [3.8, 4) is 0 Å². The third-order valence-electron chi connectivity index (χ3n) is 2.16. The number of aromatic nitrogens is 2. The molecule has 0 aromatic carbocycles. The number of sulfonamides is 1. The fourth-order valence-electron chi connectivity index (χ4n) is 1.36. The predicted octanol–water partition coefficient (Wildman–Crippen LogP) is -0.245. The van der Waals surface area contributed by atoms with E-state index in [1.165, 1.54) is 12.5 Å². The Morgan fingerprint density at radius 3 is 2.59 bits per heavy atom. The van der Waals surface area contributed by atoms with Crippen LogP contribution in [0.3, 0.4) is 0 Å². The molecule has 17 heavy (non-hydrogen) atoms. The summed E-state index contributed by atoms with van der Waals surface area (Å²) in [6.07, 6.45) is 2.84. The van der Waals surface area contributed by atoms with E-state index >= 15 is 0 Å². The molecule has 0 radical (unpaired) electrons. The molecule has 0 saturated heterocycles. The summed E-state index contributed by atoms with van der Waals surface area (Å²) in [5.74, 6) is -0.196. The first-order chi connectivity index (χ1) is 7.75. The molecular weight excluding hydrogens is 242 g/mol. The van der Waals surface area contributed by atoms with E-state index in [0.717, 1.165) is 4.31 Å². The van der Waals surface area contributed by atoms with Gasteiger partial charge in [0.05, 0.1) is 12.9 Å². The largest absolute Gasteiger partial charge is 0.387 e. The molecule has 7 nitrogen and oxygen atoms in total. The Hall–Kier alpha value is -1.41. The number of hydrogen-bond donors (Lipinski definition) is 2. The second kappa shape index (κ2) is 4.84. The van der Waals surface area contributed by atoms with Gasteiger partial charge in [0.15, 0.2) is 5.03 Å². The van der Waals surface area contributed by atoms with Crippen molar-refractivity contribution in [3.63, 3.8) is 0 Å². The molecule has 1 aromatic rings. The van der Waals surface area contributed by atoms with Crippen molar-refractivity contribution in [1.82, 2.24) is 13.9 Å². The average Bonchev–Trinajstić information content (AvgIpc) is 2.61. The van der Waals surface area contributed by atoms with Crippen molar-refractivity contribution in [2.75, 3.05) is 6.54 Å². The van der Waals surface area contributed by atoms with Gasteiger partial charge in [0.1, 0.15) is 5.84 Å². The van der Waals surface area contributed by atoms with Crippen LogP contribution in [0.15, 0.2) is 17.6 Å². The van der Waals surface area contributed by atoms with Crippen LogP contribution in [-0.2, 0) is 17.1 Å². The number of nitrogens with zero attached hydrogens (tertiary/aromatic N) is 3. The SMILES string of the molecule is CC(C)N(CC(=N)N)S(=O)(=O)c1cn(C)cn1. The van der Waals surface area contributed by atoms with Crippen molar-refractivity contribution < 1.29 is 8.42 Å². The first-order valence-electron chi connectivity index (χ1n) is 5.08. The van der Waals surface area contributed by atoms with Crippen LogP contribution in [-0.4, -0.2) is 40.7 Å². The molecule has 0 bridgehead atoms. The maximum absolute atomic E-state index is 12.2. The minimum Gasteiger partial charge on any atom is -0.387 e. The van der Waals surface area contributed by atoms with E-state index in [4.69, 9.17) is 11.1 Å². The Bertz CT molecular complexity index is 505. The summed E-state index contributed by atoms with van der Waals surface area (Å²) < 4.78 is 27.1. The Morgan fingerprint density at radius 1 is 1.65 bits per heavy atom. The Morgan fingerprint density at radius 2 is 2.24 bits per heavy atom. The fourth-order valence-corrected chi connectivity index (χ4v) is 2.94. The topological polar surface area (TPSA) is 105 Å². The minimum atomic E-state index is -3.69. The van der Waals surface area contributed by atoms with Gasteiger partial charge in [-0.15, -0.1) is 0 Å². The van der Waals surface area contributed by atoms with Crippen LogP contribution in [0.2, 0.25) is 0 Å².